The maximum absolute atomic E-state index is 12.6. The Morgan fingerprint density at radius 2 is 1.77 bits per heavy atom. The summed E-state index contributed by atoms with van der Waals surface area (Å²) in [7, 11) is 1.75. The van der Waals surface area contributed by atoms with E-state index in [9.17, 15) is 9.59 Å². The largest absolute Gasteiger partial charge is 0.344 e. The zero-order valence-corrected chi connectivity index (χ0v) is 17.8. The van der Waals surface area contributed by atoms with Crippen molar-refractivity contribution in [3.05, 3.63) is 94.7 Å². The van der Waals surface area contributed by atoms with Crippen LogP contribution in [0.1, 0.15) is 11.1 Å². The standard InChI is InChI=1S/C22H22N6O2S/c1-26(13-18-12-23-28(15-18)19-10-6-3-7-11-19)20(29)16-31-22-25-24-21(30)27(22)14-17-8-4-2-5-9-17/h2-12,15H,13-14,16H2,1H3,(H,24,30). The van der Waals surface area contributed by atoms with Crippen LogP contribution in [-0.4, -0.2) is 48.2 Å². The Morgan fingerprint density at radius 3 is 2.52 bits per heavy atom. The van der Waals surface area contributed by atoms with E-state index in [4.69, 9.17) is 0 Å². The number of carbonyl (C=O) groups is 1. The zero-order chi connectivity index (χ0) is 21.6. The first kappa shape index (κ1) is 20.7. The van der Waals surface area contributed by atoms with Gasteiger partial charge in [-0.2, -0.15) is 5.10 Å². The molecule has 0 aliphatic carbocycles. The second-order valence-electron chi connectivity index (χ2n) is 7.05. The van der Waals surface area contributed by atoms with Gasteiger partial charge in [0.15, 0.2) is 5.16 Å². The van der Waals surface area contributed by atoms with E-state index in [0.29, 0.717) is 18.2 Å². The highest BCUT2D eigenvalue weighted by atomic mass is 32.2. The van der Waals surface area contributed by atoms with Crippen molar-refractivity contribution in [1.29, 1.82) is 0 Å². The lowest BCUT2D eigenvalue weighted by atomic mass is 10.2. The lowest BCUT2D eigenvalue weighted by Crippen LogP contribution is -2.28. The van der Waals surface area contributed by atoms with Crippen LogP contribution in [0.5, 0.6) is 0 Å². The highest BCUT2D eigenvalue weighted by Gasteiger charge is 2.15. The third-order valence-corrected chi connectivity index (χ3v) is 5.69. The minimum absolute atomic E-state index is 0.0563. The predicted octanol–water partition coefficient (Wildman–Crippen LogP) is 2.56. The second-order valence-corrected chi connectivity index (χ2v) is 7.99. The van der Waals surface area contributed by atoms with Gasteiger partial charge in [0.25, 0.3) is 0 Å². The van der Waals surface area contributed by atoms with Gasteiger partial charge in [-0.3, -0.25) is 9.36 Å². The third-order valence-electron chi connectivity index (χ3n) is 4.73. The average molecular weight is 435 g/mol. The molecule has 2 heterocycles. The molecular formula is C22H22N6O2S. The van der Waals surface area contributed by atoms with Gasteiger partial charge < -0.3 is 4.90 Å². The molecular weight excluding hydrogens is 412 g/mol. The first-order chi connectivity index (χ1) is 15.1. The molecule has 0 radical (unpaired) electrons. The molecule has 1 amide bonds. The fourth-order valence-electron chi connectivity index (χ4n) is 3.08. The smallest absolute Gasteiger partial charge is 0.341 e. The molecule has 2 aromatic heterocycles. The van der Waals surface area contributed by atoms with E-state index in [0.717, 1.165) is 16.8 Å². The van der Waals surface area contributed by atoms with Gasteiger partial charge >= 0.3 is 5.69 Å². The zero-order valence-electron chi connectivity index (χ0n) is 17.0. The van der Waals surface area contributed by atoms with Crippen LogP contribution in [0.2, 0.25) is 0 Å². The van der Waals surface area contributed by atoms with E-state index in [1.165, 1.54) is 16.3 Å². The molecule has 0 aliphatic heterocycles. The van der Waals surface area contributed by atoms with E-state index in [1.807, 2.05) is 66.9 Å². The molecule has 4 aromatic rings. The number of rotatable bonds is 8. The van der Waals surface area contributed by atoms with Gasteiger partial charge in [-0.15, -0.1) is 5.10 Å². The normalized spacial score (nSPS) is 10.9. The van der Waals surface area contributed by atoms with E-state index in [1.54, 1.807) is 22.8 Å². The van der Waals surface area contributed by atoms with Gasteiger partial charge in [-0.25, -0.2) is 14.6 Å². The molecule has 0 bridgehead atoms. The van der Waals surface area contributed by atoms with Crippen molar-refractivity contribution in [2.45, 2.75) is 18.2 Å². The molecule has 0 saturated heterocycles. The Bertz CT molecular complexity index is 1200. The lowest BCUT2D eigenvalue weighted by Gasteiger charge is -2.15. The maximum atomic E-state index is 12.6. The minimum Gasteiger partial charge on any atom is -0.341 e. The number of aromatic amines is 1. The molecule has 1 N–H and O–H groups in total. The third kappa shape index (κ3) is 5.13. The van der Waals surface area contributed by atoms with Crippen LogP contribution >= 0.6 is 11.8 Å². The Labute approximate surface area is 183 Å². The van der Waals surface area contributed by atoms with Crippen LogP contribution < -0.4 is 5.69 Å². The van der Waals surface area contributed by atoms with Crippen LogP contribution in [0, 0.1) is 0 Å². The Hall–Kier alpha value is -3.59. The summed E-state index contributed by atoms with van der Waals surface area (Å²) in [6.45, 7) is 0.852. The Morgan fingerprint density at radius 1 is 1.06 bits per heavy atom. The van der Waals surface area contributed by atoms with Gasteiger partial charge in [0.05, 0.1) is 24.2 Å². The fourth-order valence-corrected chi connectivity index (χ4v) is 3.97. The van der Waals surface area contributed by atoms with Crippen LogP contribution in [-0.2, 0) is 17.9 Å². The van der Waals surface area contributed by atoms with E-state index >= 15 is 0 Å². The van der Waals surface area contributed by atoms with Crippen molar-refractivity contribution in [2.75, 3.05) is 12.8 Å². The summed E-state index contributed by atoms with van der Waals surface area (Å²) < 4.78 is 3.32. The van der Waals surface area contributed by atoms with Gasteiger partial charge in [0, 0.05) is 25.4 Å². The quantitative estimate of drug-likeness (QED) is 0.431. The summed E-state index contributed by atoms with van der Waals surface area (Å²) >= 11 is 1.24. The number of thioether (sulfide) groups is 1. The molecule has 4 rings (SSSR count). The van der Waals surface area contributed by atoms with Crippen LogP contribution in [0.15, 0.2) is 83.0 Å². The molecule has 0 atom stereocenters. The number of hydrogen-bond acceptors (Lipinski definition) is 5. The van der Waals surface area contributed by atoms with Gasteiger partial charge in [0.2, 0.25) is 5.91 Å². The molecule has 31 heavy (non-hydrogen) atoms. The van der Waals surface area contributed by atoms with Gasteiger partial charge in [-0.1, -0.05) is 60.3 Å². The highest BCUT2D eigenvalue weighted by molar-refractivity contribution is 7.99. The summed E-state index contributed by atoms with van der Waals surface area (Å²) in [5.74, 6) is 0.127. The van der Waals surface area contributed by atoms with Crippen molar-refractivity contribution in [3.63, 3.8) is 0 Å². The molecule has 2 aromatic carbocycles. The highest BCUT2D eigenvalue weighted by Crippen LogP contribution is 2.16. The lowest BCUT2D eigenvalue weighted by molar-refractivity contribution is -0.127. The number of aromatic nitrogens is 5. The van der Waals surface area contributed by atoms with E-state index < -0.39 is 0 Å². The molecule has 0 fully saturated rings. The number of H-pyrrole nitrogens is 1. The van der Waals surface area contributed by atoms with Gasteiger partial charge in [-0.05, 0) is 17.7 Å². The van der Waals surface area contributed by atoms with Crippen molar-refractivity contribution < 1.29 is 4.79 Å². The molecule has 0 aliphatic rings. The first-order valence-electron chi connectivity index (χ1n) is 9.75. The molecule has 8 nitrogen and oxygen atoms in total. The summed E-state index contributed by atoms with van der Waals surface area (Å²) in [6, 6.07) is 19.5. The summed E-state index contributed by atoms with van der Waals surface area (Å²) in [4.78, 5) is 26.4. The van der Waals surface area contributed by atoms with Gasteiger partial charge in [0.1, 0.15) is 0 Å². The summed E-state index contributed by atoms with van der Waals surface area (Å²) in [5.41, 5.74) is 2.60. The van der Waals surface area contributed by atoms with Crippen molar-refractivity contribution in [2.24, 2.45) is 0 Å². The second kappa shape index (κ2) is 9.48. The molecule has 0 spiro atoms. The number of carbonyl (C=O) groups excluding carboxylic acids is 1. The molecule has 0 unspecified atom stereocenters. The molecule has 158 valence electrons. The van der Waals surface area contributed by atoms with Crippen LogP contribution in [0.25, 0.3) is 5.69 Å². The summed E-state index contributed by atoms with van der Waals surface area (Å²) in [5, 5.41) is 11.4. The number of benzene rings is 2. The number of hydrogen-bond donors (Lipinski definition) is 1. The number of nitrogens with zero attached hydrogens (tertiary/aromatic N) is 5. The van der Waals surface area contributed by atoms with Crippen LogP contribution in [0.3, 0.4) is 0 Å². The molecule has 0 saturated carbocycles. The fraction of sp³-hybridized carbons (Fsp3) is 0.182. The van der Waals surface area contributed by atoms with Crippen molar-refractivity contribution in [3.8, 4) is 5.69 Å². The van der Waals surface area contributed by atoms with Crippen LogP contribution in [0.4, 0.5) is 0 Å². The topological polar surface area (TPSA) is 88.8 Å². The maximum Gasteiger partial charge on any atom is 0.344 e. The minimum atomic E-state index is -0.291. The number of nitrogens with one attached hydrogen (secondary N) is 1. The van der Waals surface area contributed by atoms with Crippen molar-refractivity contribution in [1.82, 2.24) is 29.4 Å². The SMILES string of the molecule is CN(Cc1cnn(-c2ccccc2)c1)C(=O)CSc1n[nH]c(=O)n1Cc1ccccc1. The molecule has 9 heteroatoms. The monoisotopic (exact) mass is 434 g/mol. The van der Waals surface area contributed by atoms with E-state index in [2.05, 4.69) is 15.3 Å². The Balaban J connectivity index is 1.35. The first-order valence-corrected chi connectivity index (χ1v) is 10.7. The summed E-state index contributed by atoms with van der Waals surface area (Å²) in [6.07, 6.45) is 3.67. The number of amides is 1. The number of para-hydroxylation sites is 1. The Kier molecular flexibility index (Phi) is 6.32. The van der Waals surface area contributed by atoms with E-state index in [-0.39, 0.29) is 17.3 Å². The van der Waals surface area contributed by atoms with Crippen molar-refractivity contribution >= 4 is 17.7 Å². The predicted molar refractivity (Wildman–Crippen MR) is 119 cm³/mol. The average Bonchev–Trinajstić information content (AvgIpc) is 3.40.